The zero-order valence-electron chi connectivity index (χ0n) is 15.3. The number of hydrogen-bond donors (Lipinski definition) is 0. The van der Waals surface area contributed by atoms with Gasteiger partial charge in [0.2, 0.25) is 11.8 Å². The number of nitrogens with zero attached hydrogens (tertiary/aromatic N) is 1. The van der Waals surface area contributed by atoms with Crippen LogP contribution in [0.25, 0.3) is 0 Å². The molecule has 0 spiro atoms. The van der Waals surface area contributed by atoms with Crippen LogP contribution in [0, 0.1) is 11.8 Å². The summed E-state index contributed by atoms with van der Waals surface area (Å²) in [6, 6.07) is 5.68. The van der Waals surface area contributed by atoms with Crippen molar-refractivity contribution in [3.8, 4) is 11.5 Å². The zero-order chi connectivity index (χ0) is 18.1. The Labute approximate surface area is 148 Å². The van der Waals surface area contributed by atoms with Gasteiger partial charge in [-0.05, 0) is 50.8 Å². The summed E-state index contributed by atoms with van der Waals surface area (Å²) in [7, 11) is 3.19. The van der Waals surface area contributed by atoms with E-state index in [0.29, 0.717) is 37.3 Å². The van der Waals surface area contributed by atoms with Crippen molar-refractivity contribution in [2.45, 2.75) is 33.1 Å². The molecule has 2 aliphatic rings. The number of amides is 2. The summed E-state index contributed by atoms with van der Waals surface area (Å²) in [6.45, 7) is 4.55. The van der Waals surface area contributed by atoms with E-state index in [1.54, 1.807) is 14.2 Å². The maximum atomic E-state index is 12.7. The van der Waals surface area contributed by atoms with E-state index in [1.807, 2.05) is 18.2 Å². The predicted molar refractivity (Wildman–Crippen MR) is 94.6 cm³/mol. The molecule has 0 saturated carbocycles. The fourth-order valence-electron chi connectivity index (χ4n) is 3.82. The lowest BCUT2D eigenvalue weighted by Gasteiger charge is -2.23. The van der Waals surface area contributed by atoms with Crippen LogP contribution in [-0.4, -0.2) is 37.5 Å². The standard InChI is InChI=1S/C20H25NO4/c1-12-9-15-16(10-13(12)2)20(23)21(19(15)22)8-7-14-5-6-17(24-3)18(11-14)25-4/h5-6,11,15-16H,7-10H2,1-4H3/t15-,16-/m0/s1. The summed E-state index contributed by atoms with van der Waals surface area (Å²) in [6.07, 6.45) is 2.05. The van der Waals surface area contributed by atoms with E-state index < -0.39 is 0 Å². The Morgan fingerprint density at radius 1 is 0.960 bits per heavy atom. The molecule has 1 saturated heterocycles. The number of allylic oxidation sites excluding steroid dienone is 2. The third-order valence-electron chi connectivity index (χ3n) is 5.50. The van der Waals surface area contributed by atoms with Gasteiger partial charge in [0, 0.05) is 6.54 Å². The largest absolute Gasteiger partial charge is 0.493 e. The molecule has 1 aliphatic heterocycles. The molecule has 0 aromatic heterocycles. The van der Waals surface area contributed by atoms with Crippen molar-refractivity contribution in [3.05, 3.63) is 34.9 Å². The van der Waals surface area contributed by atoms with Gasteiger partial charge in [-0.25, -0.2) is 0 Å². The lowest BCUT2D eigenvalue weighted by molar-refractivity contribution is -0.139. The number of hydrogen-bond acceptors (Lipinski definition) is 4. The number of likely N-dealkylation sites (tertiary alicyclic amines) is 1. The first kappa shape index (κ1) is 17.5. The first-order valence-electron chi connectivity index (χ1n) is 8.67. The Morgan fingerprint density at radius 3 is 2.04 bits per heavy atom. The van der Waals surface area contributed by atoms with Crippen molar-refractivity contribution in [2.24, 2.45) is 11.8 Å². The van der Waals surface area contributed by atoms with Gasteiger partial charge in [0.1, 0.15) is 0 Å². The van der Waals surface area contributed by atoms with Gasteiger partial charge in [0.25, 0.3) is 0 Å². The maximum absolute atomic E-state index is 12.7. The number of rotatable bonds is 5. The highest BCUT2D eigenvalue weighted by Gasteiger charge is 2.48. The van der Waals surface area contributed by atoms with Gasteiger partial charge in [0.15, 0.2) is 11.5 Å². The SMILES string of the molecule is COc1ccc(CCN2C(=O)[C@H]3CC(C)=C(C)C[C@@H]3C2=O)cc1OC. The minimum Gasteiger partial charge on any atom is -0.493 e. The molecule has 1 aromatic rings. The van der Waals surface area contributed by atoms with E-state index in [2.05, 4.69) is 13.8 Å². The van der Waals surface area contributed by atoms with E-state index in [-0.39, 0.29) is 23.7 Å². The molecule has 0 bridgehead atoms. The average Bonchev–Trinajstić information content (AvgIpc) is 2.84. The van der Waals surface area contributed by atoms with Gasteiger partial charge in [-0.1, -0.05) is 17.2 Å². The van der Waals surface area contributed by atoms with Crippen molar-refractivity contribution >= 4 is 11.8 Å². The lowest BCUT2D eigenvalue weighted by atomic mass is 9.78. The molecule has 134 valence electrons. The number of carbonyl (C=O) groups is 2. The van der Waals surface area contributed by atoms with Crippen LogP contribution in [0.15, 0.2) is 29.3 Å². The van der Waals surface area contributed by atoms with Crippen LogP contribution in [0.2, 0.25) is 0 Å². The van der Waals surface area contributed by atoms with Crippen LogP contribution in [0.3, 0.4) is 0 Å². The second-order valence-corrected chi connectivity index (χ2v) is 6.95. The van der Waals surface area contributed by atoms with E-state index in [0.717, 1.165) is 5.56 Å². The third-order valence-corrected chi connectivity index (χ3v) is 5.50. The maximum Gasteiger partial charge on any atom is 0.233 e. The highest BCUT2D eigenvalue weighted by Crippen LogP contribution is 2.40. The number of ether oxygens (including phenoxy) is 2. The summed E-state index contributed by atoms with van der Waals surface area (Å²) in [5.41, 5.74) is 3.52. The number of carbonyl (C=O) groups excluding carboxylic acids is 2. The van der Waals surface area contributed by atoms with Gasteiger partial charge < -0.3 is 9.47 Å². The van der Waals surface area contributed by atoms with Gasteiger partial charge in [-0.3, -0.25) is 14.5 Å². The summed E-state index contributed by atoms with van der Waals surface area (Å²) in [5, 5.41) is 0. The Morgan fingerprint density at radius 2 is 1.52 bits per heavy atom. The topological polar surface area (TPSA) is 55.8 Å². The molecule has 0 unspecified atom stereocenters. The molecule has 1 fully saturated rings. The van der Waals surface area contributed by atoms with Crippen LogP contribution in [-0.2, 0) is 16.0 Å². The van der Waals surface area contributed by atoms with Crippen LogP contribution in [0.4, 0.5) is 0 Å². The molecule has 5 nitrogen and oxygen atoms in total. The normalized spacial score (nSPS) is 23.1. The van der Waals surface area contributed by atoms with Crippen molar-refractivity contribution in [2.75, 3.05) is 20.8 Å². The predicted octanol–water partition coefficient (Wildman–Crippen LogP) is 2.98. The van der Waals surface area contributed by atoms with Crippen molar-refractivity contribution in [1.82, 2.24) is 4.90 Å². The van der Waals surface area contributed by atoms with Crippen LogP contribution >= 0.6 is 0 Å². The van der Waals surface area contributed by atoms with Crippen molar-refractivity contribution in [1.29, 1.82) is 0 Å². The van der Waals surface area contributed by atoms with Gasteiger partial charge in [0.05, 0.1) is 26.1 Å². The first-order valence-corrected chi connectivity index (χ1v) is 8.67. The van der Waals surface area contributed by atoms with Gasteiger partial charge in [-0.2, -0.15) is 0 Å². The molecule has 0 radical (unpaired) electrons. The highest BCUT2D eigenvalue weighted by atomic mass is 16.5. The van der Waals surface area contributed by atoms with E-state index in [1.165, 1.54) is 16.0 Å². The summed E-state index contributed by atoms with van der Waals surface area (Å²) in [4.78, 5) is 26.8. The molecule has 1 heterocycles. The highest BCUT2D eigenvalue weighted by molar-refractivity contribution is 6.05. The molecule has 2 atom stereocenters. The summed E-state index contributed by atoms with van der Waals surface area (Å²) >= 11 is 0. The number of fused-ring (bicyclic) bond motifs is 1. The Bertz CT molecular complexity index is 705. The van der Waals surface area contributed by atoms with Gasteiger partial charge in [-0.15, -0.1) is 0 Å². The molecule has 3 rings (SSSR count). The van der Waals surface area contributed by atoms with Crippen molar-refractivity contribution in [3.63, 3.8) is 0 Å². The van der Waals surface area contributed by atoms with Crippen LogP contribution in [0.5, 0.6) is 11.5 Å². The molecular formula is C20H25NO4. The Balaban J connectivity index is 1.70. The quantitative estimate of drug-likeness (QED) is 0.609. The fraction of sp³-hybridized carbons (Fsp3) is 0.500. The molecule has 1 aliphatic carbocycles. The van der Waals surface area contributed by atoms with Gasteiger partial charge >= 0.3 is 0 Å². The third kappa shape index (κ3) is 3.15. The smallest absolute Gasteiger partial charge is 0.233 e. The van der Waals surface area contributed by atoms with E-state index >= 15 is 0 Å². The number of methoxy groups -OCH3 is 2. The minimum absolute atomic E-state index is 0.0117. The Kier molecular flexibility index (Phi) is 4.84. The van der Waals surface area contributed by atoms with Crippen LogP contribution < -0.4 is 9.47 Å². The first-order chi connectivity index (χ1) is 12.0. The molecule has 5 heteroatoms. The zero-order valence-corrected chi connectivity index (χ0v) is 15.3. The summed E-state index contributed by atoms with van der Waals surface area (Å²) < 4.78 is 10.6. The molecule has 0 N–H and O–H groups in total. The number of benzene rings is 1. The second kappa shape index (κ2) is 6.90. The molecule has 25 heavy (non-hydrogen) atoms. The lowest BCUT2D eigenvalue weighted by Crippen LogP contribution is -2.33. The van der Waals surface area contributed by atoms with Crippen LogP contribution in [0.1, 0.15) is 32.3 Å². The molecule has 2 amide bonds. The van der Waals surface area contributed by atoms with E-state index in [9.17, 15) is 9.59 Å². The monoisotopic (exact) mass is 343 g/mol. The Hall–Kier alpha value is -2.30. The van der Waals surface area contributed by atoms with Crippen molar-refractivity contribution < 1.29 is 19.1 Å². The number of imide groups is 1. The summed E-state index contributed by atoms with van der Waals surface area (Å²) in [5.74, 6) is 0.971. The molecule has 1 aromatic carbocycles. The molecular weight excluding hydrogens is 318 g/mol. The minimum atomic E-state index is -0.165. The average molecular weight is 343 g/mol. The second-order valence-electron chi connectivity index (χ2n) is 6.95. The van der Waals surface area contributed by atoms with E-state index in [4.69, 9.17) is 9.47 Å². The fourth-order valence-corrected chi connectivity index (χ4v) is 3.82.